The van der Waals surface area contributed by atoms with Crippen LogP contribution in [-0.4, -0.2) is 38.2 Å². The van der Waals surface area contributed by atoms with E-state index in [1.54, 1.807) is 29.5 Å². The number of hydrogen-bond acceptors (Lipinski definition) is 6. The molecule has 0 saturated heterocycles. The van der Waals surface area contributed by atoms with Crippen molar-refractivity contribution < 1.29 is 23.8 Å². The van der Waals surface area contributed by atoms with Crippen molar-refractivity contribution in [1.29, 1.82) is 0 Å². The molecule has 1 aromatic heterocycles. The van der Waals surface area contributed by atoms with Crippen LogP contribution in [0.1, 0.15) is 11.8 Å². The first-order valence-electron chi connectivity index (χ1n) is 7.98. The molecule has 0 bridgehead atoms. The summed E-state index contributed by atoms with van der Waals surface area (Å²) in [5.41, 5.74) is 0. The molecule has 1 amide bonds. The predicted molar refractivity (Wildman–Crippen MR) is 95.1 cm³/mol. The van der Waals surface area contributed by atoms with E-state index < -0.39 is 5.97 Å². The molecular weight excluding hydrogens is 342 g/mol. The van der Waals surface area contributed by atoms with Gasteiger partial charge in [-0.15, -0.1) is 11.3 Å². The first kappa shape index (κ1) is 18.8. The lowest BCUT2D eigenvalue weighted by molar-refractivity contribution is -0.150. The van der Waals surface area contributed by atoms with Crippen LogP contribution in [0.25, 0.3) is 0 Å². The Kier molecular flexibility index (Phi) is 7.78. The van der Waals surface area contributed by atoms with Gasteiger partial charge in [0.05, 0.1) is 6.61 Å². The van der Waals surface area contributed by atoms with E-state index in [1.165, 1.54) is 4.88 Å². The van der Waals surface area contributed by atoms with Crippen LogP contribution in [0.15, 0.2) is 41.8 Å². The average molecular weight is 363 g/mol. The third kappa shape index (κ3) is 6.84. The molecule has 25 heavy (non-hydrogen) atoms. The van der Waals surface area contributed by atoms with Crippen LogP contribution >= 0.6 is 11.3 Å². The van der Waals surface area contributed by atoms with Crippen molar-refractivity contribution in [2.75, 3.05) is 26.4 Å². The fourth-order valence-electron chi connectivity index (χ4n) is 2.00. The summed E-state index contributed by atoms with van der Waals surface area (Å²) in [6, 6.07) is 11.0. The van der Waals surface area contributed by atoms with Crippen molar-refractivity contribution in [2.45, 2.75) is 13.3 Å². The summed E-state index contributed by atoms with van der Waals surface area (Å²) in [4.78, 5) is 24.5. The van der Waals surface area contributed by atoms with Crippen LogP contribution in [0.3, 0.4) is 0 Å². The van der Waals surface area contributed by atoms with Gasteiger partial charge in [-0.25, -0.2) is 4.79 Å². The molecule has 134 valence electrons. The molecule has 0 saturated carbocycles. The second-order valence-electron chi connectivity index (χ2n) is 5.01. The number of hydrogen-bond donors (Lipinski definition) is 1. The van der Waals surface area contributed by atoms with Gasteiger partial charge < -0.3 is 19.5 Å². The first-order valence-corrected chi connectivity index (χ1v) is 8.86. The molecule has 1 aromatic carbocycles. The summed E-state index contributed by atoms with van der Waals surface area (Å²) in [7, 11) is 0. The van der Waals surface area contributed by atoms with E-state index >= 15 is 0 Å². The summed E-state index contributed by atoms with van der Waals surface area (Å²) < 4.78 is 15.7. The quantitative estimate of drug-likeness (QED) is 0.656. The topological polar surface area (TPSA) is 73.9 Å². The Morgan fingerprint density at radius 3 is 2.48 bits per heavy atom. The molecule has 0 atom stereocenters. The lowest BCUT2D eigenvalue weighted by Crippen LogP contribution is -2.31. The van der Waals surface area contributed by atoms with E-state index in [4.69, 9.17) is 14.2 Å². The second kappa shape index (κ2) is 10.4. The molecule has 0 fully saturated rings. The van der Waals surface area contributed by atoms with Crippen molar-refractivity contribution >= 4 is 23.2 Å². The summed E-state index contributed by atoms with van der Waals surface area (Å²) in [6.07, 6.45) is 0.759. The summed E-state index contributed by atoms with van der Waals surface area (Å²) >= 11 is 1.64. The predicted octanol–water partition coefficient (Wildman–Crippen LogP) is 2.43. The average Bonchev–Trinajstić information content (AvgIpc) is 3.13. The monoisotopic (exact) mass is 363 g/mol. The maximum absolute atomic E-state index is 11.7. The van der Waals surface area contributed by atoms with Gasteiger partial charge in [-0.1, -0.05) is 18.2 Å². The number of rotatable bonds is 10. The number of carbonyl (C=O) groups is 2. The Labute approximate surface area is 150 Å². The molecule has 1 N–H and O–H groups in total. The molecule has 0 unspecified atom stereocenters. The number of esters is 1. The Balaban J connectivity index is 1.64. The van der Waals surface area contributed by atoms with Crippen molar-refractivity contribution in [3.63, 3.8) is 0 Å². The summed E-state index contributed by atoms with van der Waals surface area (Å²) in [5.74, 6) is 0.0742. The standard InChI is InChI=1S/C18H21NO5S/c1-2-22-15-7-3-4-8-16(15)23-13-18(21)24-12-17(20)19-10-9-14-6-5-11-25-14/h3-8,11H,2,9-10,12-13H2,1H3,(H,19,20). The van der Waals surface area contributed by atoms with Crippen LogP contribution in [0.4, 0.5) is 0 Å². The number of carbonyl (C=O) groups excluding carboxylic acids is 2. The van der Waals surface area contributed by atoms with E-state index in [0.717, 1.165) is 6.42 Å². The van der Waals surface area contributed by atoms with E-state index in [9.17, 15) is 9.59 Å². The fraction of sp³-hybridized carbons (Fsp3) is 0.333. The Bertz CT molecular complexity index is 672. The van der Waals surface area contributed by atoms with Crippen LogP contribution in [0.2, 0.25) is 0 Å². The van der Waals surface area contributed by atoms with Gasteiger partial charge in [0.2, 0.25) is 0 Å². The minimum atomic E-state index is -0.611. The normalized spacial score (nSPS) is 10.1. The van der Waals surface area contributed by atoms with Crippen LogP contribution in [0, 0.1) is 0 Å². The van der Waals surface area contributed by atoms with Crippen molar-refractivity contribution in [3.05, 3.63) is 46.7 Å². The number of ether oxygens (including phenoxy) is 3. The minimum Gasteiger partial charge on any atom is -0.490 e. The van der Waals surface area contributed by atoms with Gasteiger partial charge in [0.1, 0.15) is 0 Å². The fourth-order valence-corrected chi connectivity index (χ4v) is 2.71. The largest absolute Gasteiger partial charge is 0.490 e. The van der Waals surface area contributed by atoms with E-state index in [1.807, 2.05) is 30.5 Å². The number of thiophene rings is 1. The molecule has 0 aliphatic carbocycles. The van der Waals surface area contributed by atoms with Gasteiger partial charge in [-0.2, -0.15) is 0 Å². The molecule has 2 aromatic rings. The molecule has 6 nitrogen and oxygen atoms in total. The lowest BCUT2D eigenvalue weighted by Gasteiger charge is -2.11. The molecule has 7 heteroatoms. The van der Waals surface area contributed by atoms with Gasteiger partial charge >= 0.3 is 5.97 Å². The third-order valence-electron chi connectivity index (χ3n) is 3.13. The van der Waals surface area contributed by atoms with Crippen LogP contribution in [0.5, 0.6) is 11.5 Å². The molecule has 0 aliphatic heterocycles. The zero-order chi connectivity index (χ0) is 17.9. The van der Waals surface area contributed by atoms with Gasteiger partial charge in [-0.05, 0) is 36.9 Å². The molecule has 1 heterocycles. The number of amides is 1. The first-order chi connectivity index (χ1) is 12.2. The minimum absolute atomic E-state index is 0.285. The molecular formula is C18H21NO5S. The maximum atomic E-state index is 11.7. The Morgan fingerprint density at radius 2 is 1.80 bits per heavy atom. The van der Waals surface area contributed by atoms with Gasteiger partial charge in [0.15, 0.2) is 24.7 Å². The zero-order valence-corrected chi connectivity index (χ0v) is 14.8. The molecule has 0 spiro atoms. The molecule has 2 rings (SSSR count). The number of benzene rings is 1. The SMILES string of the molecule is CCOc1ccccc1OCC(=O)OCC(=O)NCCc1cccs1. The van der Waals surface area contributed by atoms with Gasteiger partial charge in [0, 0.05) is 11.4 Å². The van der Waals surface area contributed by atoms with E-state index in [0.29, 0.717) is 24.7 Å². The number of para-hydroxylation sites is 2. The summed E-state index contributed by atoms with van der Waals surface area (Å²) in [6.45, 7) is 2.26. The highest BCUT2D eigenvalue weighted by Gasteiger charge is 2.10. The van der Waals surface area contributed by atoms with Crippen molar-refractivity contribution in [3.8, 4) is 11.5 Å². The highest BCUT2D eigenvalue weighted by atomic mass is 32.1. The molecule has 0 radical (unpaired) electrons. The molecule has 0 aliphatic rings. The van der Waals surface area contributed by atoms with Crippen molar-refractivity contribution in [2.24, 2.45) is 0 Å². The number of nitrogens with one attached hydrogen (secondary N) is 1. The third-order valence-corrected chi connectivity index (χ3v) is 4.07. The Morgan fingerprint density at radius 1 is 1.04 bits per heavy atom. The smallest absolute Gasteiger partial charge is 0.344 e. The Hall–Kier alpha value is -2.54. The van der Waals surface area contributed by atoms with Crippen molar-refractivity contribution in [1.82, 2.24) is 5.32 Å². The van der Waals surface area contributed by atoms with E-state index in [2.05, 4.69) is 5.32 Å². The van der Waals surface area contributed by atoms with Gasteiger partial charge in [0.25, 0.3) is 5.91 Å². The lowest BCUT2D eigenvalue weighted by atomic mass is 10.3. The summed E-state index contributed by atoms with van der Waals surface area (Å²) in [5, 5.41) is 4.69. The van der Waals surface area contributed by atoms with Crippen LogP contribution < -0.4 is 14.8 Å². The highest BCUT2D eigenvalue weighted by Crippen LogP contribution is 2.26. The second-order valence-corrected chi connectivity index (χ2v) is 6.04. The van der Waals surface area contributed by atoms with Gasteiger partial charge in [-0.3, -0.25) is 4.79 Å². The van der Waals surface area contributed by atoms with Crippen LogP contribution in [-0.2, 0) is 20.7 Å². The maximum Gasteiger partial charge on any atom is 0.344 e. The van der Waals surface area contributed by atoms with E-state index in [-0.39, 0.29) is 19.1 Å². The zero-order valence-electron chi connectivity index (χ0n) is 14.0. The highest BCUT2D eigenvalue weighted by molar-refractivity contribution is 7.09.